The minimum absolute atomic E-state index is 0.102. The van der Waals surface area contributed by atoms with Gasteiger partial charge in [0, 0.05) is 23.0 Å². The summed E-state index contributed by atoms with van der Waals surface area (Å²) in [5.41, 5.74) is 5.10. The van der Waals surface area contributed by atoms with Gasteiger partial charge in [-0.3, -0.25) is 9.36 Å². The lowest BCUT2D eigenvalue weighted by atomic mass is 10.2. The number of aromatic nitrogens is 3. The molecule has 0 atom stereocenters. The Morgan fingerprint density at radius 2 is 1.66 bits per heavy atom. The number of ether oxygens (including phenoxy) is 3. The summed E-state index contributed by atoms with van der Waals surface area (Å²) in [4.78, 5) is 12.5. The van der Waals surface area contributed by atoms with Crippen LogP contribution in [0.2, 0.25) is 0 Å². The Balaban J connectivity index is 1.47. The van der Waals surface area contributed by atoms with Crippen molar-refractivity contribution in [1.29, 1.82) is 0 Å². The van der Waals surface area contributed by atoms with Gasteiger partial charge in [-0.15, -0.1) is 10.2 Å². The van der Waals surface area contributed by atoms with Crippen LogP contribution in [0, 0.1) is 0 Å². The standard InChI is InChI=1S/C28H27N5O4S/c1-35-23-14-8-7-10-20(23)11-9-17-29-30-26(34)19-38-28-32-31-27(33(28)22-12-5-4-6-13-22)21-15-16-24(36-2)25(18-21)37-3/h4-18H,19H2,1-3H3,(H,30,34)/b11-9+,29-17+. The molecule has 0 saturated heterocycles. The van der Waals surface area contributed by atoms with Gasteiger partial charge >= 0.3 is 0 Å². The molecule has 0 aliphatic heterocycles. The molecular formula is C28H27N5O4S. The van der Waals surface area contributed by atoms with Crippen molar-refractivity contribution in [2.45, 2.75) is 5.16 Å². The Morgan fingerprint density at radius 3 is 2.42 bits per heavy atom. The monoisotopic (exact) mass is 529 g/mol. The summed E-state index contributed by atoms with van der Waals surface area (Å²) < 4.78 is 18.0. The van der Waals surface area contributed by atoms with E-state index in [1.807, 2.05) is 83.4 Å². The molecular weight excluding hydrogens is 502 g/mol. The fourth-order valence-electron chi connectivity index (χ4n) is 3.60. The molecule has 4 rings (SSSR count). The van der Waals surface area contributed by atoms with E-state index in [0.29, 0.717) is 22.5 Å². The number of amides is 1. The van der Waals surface area contributed by atoms with Crippen LogP contribution in [0.25, 0.3) is 23.2 Å². The van der Waals surface area contributed by atoms with Crippen molar-refractivity contribution >= 4 is 30.0 Å². The summed E-state index contributed by atoms with van der Waals surface area (Å²) in [5, 5.41) is 13.3. The van der Waals surface area contributed by atoms with Gasteiger partial charge < -0.3 is 14.2 Å². The molecule has 194 valence electrons. The Hall–Kier alpha value is -4.57. The molecule has 10 heteroatoms. The van der Waals surface area contributed by atoms with E-state index in [1.165, 1.54) is 18.0 Å². The number of hydrogen-bond donors (Lipinski definition) is 1. The van der Waals surface area contributed by atoms with Crippen molar-refractivity contribution in [3.8, 4) is 34.3 Å². The zero-order valence-corrected chi connectivity index (χ0v) is 22.0. The minimum atomic E-state index is -0.271. The molecule has 0 aliphatic rings. The zero-order chi connectivity index (χ0) is 26.7. The number of para-hydroxylation sites is 2. The van der Waals surface area contributed by atoms with Crippen LogP contribution in [-0.2, 0) is 4.79 Å². The molecule has 0 spiro atoms. The fourth-order valence-corrected chi connectivity index (χ4v) is 4.35. The molecule has 0 aliphatic carbocycles. The second kappa shape index (κ2) is 13.1. The average Bonchev–Trinajstić information content (AvgIpc) is 3.40. The number of nitrogens with zero attached hydrogens (tertiary/aromatic N) is 4. The SMILES string of the molecule is COc1ccccc1/C=C/C=N/NC(=O)CSc1nnc(-c2ccc(OC)c(OC)c2)n1-c1ccccc1. The summed E-state index contributed by atoms with van der Waals surface area (Å²) in [6.07, 6.45) is 5.09. The Bertz CT molecular complexity index is 1440. The van der Waals surface area contributed by atoms with Crippen LogP contribution >= 0.6 is 11.8 Å². The van der Waals surface area contributed by atoms with E-state index < -0.39 is 0 Å². The van der Waals surface area contributed by atoms with E-state index in [-0.39, 0.29) is 11.7 Å². The van der Waals surface area contributed by atoms with Gasteiger partial charge in [0.25, 0.3) is 5.91 Å². The van der Waals surface area contributed by atoms with Crippen LogP contribution in [-0.4, -0.2) is 54.0 Å². The molecule has 0 bridgehead atoms. The van der Waals surface area contributed by atoms with Crippen LogP contribution < -0.4 is 19.6 Å². The molecule has 1 N–H and O–H groups in total. The number of carbonyl (C=O) groups is 1. The van der Waals surface area contributed by atoms with Gasteiger partial charge in [0.15, 0.2) is 22.5 Å². The highest BCUT2D eigenvalue weighted by Crippen LogP contribution is 2.34. The zero-order valence-electron chi connectivity index (χ0n) is 21.2. The molecule has 1 heterocycles. The predicted octanol–water partition coefficient (Wildman–Crippen LogP) is 4.87. The highest BCUT2D eigenvalue weighted by atomic mass is 32.2. The molecule has 0 fully saturated rings. The maximum atomic E-state index is 12.5. The first-order valence-electron chi connectivity index (χ1n) is 11.6. The number of thioether (sulfide) groups is 1. The molecule has 1 aromatic heterocycles. The molecule has 0 saturated carbocycles. The molecule has 38 heavy (non-hydrogen) atoms. The van der Waals surface area contributed by atoms with Crippen molar-refractivity contribution in [1.82, 2.24) is 20.2 Å². The summed E-state index contributed by atoms with van der Waals surface area (Å²) in [7, 11) is 4.79. The minimum Gasteiger partial charge on any atom is -0.496 e. The largest absolute Gasteiger partial charge is 0.496 e. The molecule has 0 radical (unpaired) electrons. The van der Waals surface area contributed by atoms with E-state index in [9.17, 15) is 4.79 Å². The number of methoxy groups -OCH3 is 3. The highest BCUT2D eigenvalue weighted by molar-refractivity contribution is 7.99. The van der Waals surface area contributed by atoms with Crippen molar-refractivity contribution in [3.63, 3.8) is 0 Å². The summed E-state index contributed by atoms with van der Waals surface area (Å²) >= 11 is 1.26. The van der Waals surface area contributed by atoms with E-state index in [2.05, 4.69) is 20.7 Å². The third-order valence-corrected chi connectivity index (χ3v) is 6.32. The van der Waals surface area contributed by atoms with Gasteiger partial charge in [-0.1, -0.05) is 48.2 Å². The lowest BCUT2D eigenvalue weighted by Crippen LogP contribution is -2.19. The van der Waals surface area contributed by atoms with E-state index in [1.54, 1.807) is 27.4 Å². The molecule has 9 nitrogen and oxygen atoms in total. The smallest absolute Gasteiger partial charge is 0.250 e. The van der Waals surface area contributed by atoms with Crippen LogP contribution in [0.4, 0.5) is 0 Å². The first kappa shape index (κ1) is 26.5. The number of nitrogens with one attached hydrogen (secondary N) is 1. The summed E-state index contributed by atoms with van der Waals surface area (Å²) in [6.45, 7) is 0. The summed E-state index contributed by atoms with van der Waals surface area (Å²) in [6, 6.07) is 22.9. The van der Waals surface area contributed by atoms with Crippen molar-refractivity contribution in [2.24, 2.45) is 5.10 Å². The predicted molar refractivity (Wildman–Crippen MR) is 149 cm³/mol. The normalized spacial score (nSPS) is 11.1. The maximum absolute atomic E-state index is 12.5. The van der Waals surface area contributed by atoms with E-state index >= 15 is 0 Å². The number of carbonyl (C=O) groups excluding carboxylic acids is 1. The van der Waals surface area contributed by atoms with Crippen LogP contribution in [0.15, 0.2) is 89.1 Å². The van der Waals surface area contributed by atoms with Gasteiger partial charge in [0.2, 0.25) is 0 Å². The first-order chi connectivity index (χ1) is 18.6. The average molecular weight is 530 g/mol. The number of hydrazone groups is 1. The third kappa shape index (κ3) is 6.40. The number of hydrogen-bond acceptors (Lipinski definition) is 8. The molecule has 0 unspecified atom stereocenters. The maximum Gasteiger partial charge on any atom is 0.250 e. The van der Waals surface area contributed by atoms with Crippen LogP contribution in [0.1, 0.15) is 5.56 Å². The topological polar surface area (TPSA) is 99.9 Å². The van der Waals surface area contributed by atoms with Crippen LogP contribution in [0.5, 0.6) is 17.2 Å². The van der Waals surface area contributed by atoms with Gasteiger partial charge in [0.1, 0.15) is 5.75 Å². The van der Waals surface area contributed by atoms with Gasteiger partial charge in [-0.2, -0.15) is 5.10 Å². The highest BCUT2D eigenvalue weighted by Gasteiger charge is 2.18. The number of benzene rings is 3. The first-order valence-corrected chi connectivity index (χ1v) is 12.6. The van der Waals surface area contributed by atoms with Crippen molar-refractivity contribution < 1.29 is 19.0 Å². The lowest BCUT2D eigenvalue weighted by Gasteiger charge is -2.12. The van der Waals surface area contributed by atoms with E-state index in [4.69, 9.17) is 14.2 Å². The number of allylic oxidation sites excluding steroid dienone is 1. The fraction of sp³-hybridized carbons (Fsp3) is 0.143. The molecule has 3 aromatic carbocycles. The molecule has 1 amide bonds. The second-order valence-corrected chi connectivity index (χ2v) is 8.69. The van der Waals surface area contributed by atoms with Gasteiger partial charge in [-0.25, -0.2) is 5.43 Å². The van der Waals surface area contributed by atoms with Crippen molar-refractivity contribution in [3.05, 3.63) is 84.4 Å². The summed E-state index contributed by atoms with van der Waals surface area (Å²) in [5.74, 6) is 2.40. The Kier molecular flexibility index (Phi) is 9.14. The van der Waals surface area contributed by atoms with E-state index in [0.717, 1.165) is 22.6 Å². The molecule has 4 aromatic rings. The Morgan fingerprint density at radius 1 is 0.921 bits per heavy atom. The quantitative estimate of drug-likeness (QED) is 0.168. The van der Waals surface area contributed by atoms with Gasteiger partial charge in [0.05, 0.1) is 27.1 Å². The third-order valence-electron chi connectivity index (χ3n) is 5.39. The Labute approximate surface area is 225 Å². The van der Waals surface area contributed by atoms with Crippen LogP contribution in [0.3, 0.4) is 0 Å². The van der Waals surface area contributed by atoms with Gasteiger partial charge in [-0.05, 0) is 48.6 Å². The number of rotatable bonds is 11. The second-order valence-electron chi connectivity index (χ2n) is 7.75. The lowest BCUT2D eigenvalue weighted by molar-refractivity contribution is -0.118. The van der Waals surface area contributed by atoms with Crippen molar-refractivity contribution in [2.75, 3.05) is 27.1 Å².